The fraction of sp³-hybridized carbons (Fsp3) is 0.529. The highest BCUT2D eigenvalue weighted by molar-refractivity contribution is 5.91. The third-order valence-corrected chi connectivity index (χ3v) is 4.97. The van der Waals surface area contributed by atoms with Crippen LogP contribution in [0.15, 0.2) is 24.5 Å². The predicted molar refractivity (Wildman–Crippen MR) is 91.7 cm³/mol. The Bertz CT molecular complexity index is 691. The van der Waals surface area contributed by atoms with Crippen LogP contribution in [0, 0.1) is 12.3 Å². The second-order valence-corrected chi connectivity index (χ2v) is 6.75. The van der Waals surface area contributed by atoms with Crippen molar-refractivity contribution in [2.24, 2.45) is 11.1 Å². The molecule has 0 spiro atoms. The minimum absolute atomic E-state index is 0.0221. The maximum Gasteiger partial charge on any atom is 0.224 e. The van der Waals surface area contributed by atoms with E-state index in [0.717, 1.165) is 29.8 Å². The Morgan fingerprint density at radius 1 is 1.33 bits per heavy atom. The number of hydrogen-bond acceptors (Lipinski definition) is 5. The molecular weight excluding hydrogens is 304 g/mol. The van der Waals surface area contributed by atoms with Crippen LogP contribution < -0.4 is 11.1 Å². The molecule has 0 radical (unpaired) electrons. The molecular formula is C17H24N6O. The quantitative estimate of drug-likeness (QED) is 0.876. The molecule has 2 aromatic rings. The van der Waals surface area contributed by atoms with E-state index in [9.17, 15) is 4.79 Å². The van der Waals surface area contributed by atoms with Crippen LogP contribution in [0.5, 0.6) is 0 Å². The minimum Gasteiger partial charge on any atom is -0.330 e. The maximum absolute atomic E-state index is 12.5. The molecule has 0 saturated heterocycles. The standard InChI is InChI=1S/C17H24N6O/c1-13-5-6-14(9-15(13)23-12-19-21-22-23)20-16(24)10-17(11-18)7-3-2-4-8-17/h5-6,9,12H,2-4,7-8,10-11,18H2,1H3,(H,20,24). The predicted octanol–water partition coefficient (Wildman–Crippen LogP) is 2.21. The van der Waals surface area contributed by atoms with Gasteiger partial charge < -0.3 is 11.1 Å². The van der Waals surface area contributed by atoms with Crippen LogP contribution in [0.4, 0.5) is 5.69 Å². The second-order valence-electron chi connectivity index (χ2n) is 6.75. The molecule has 1 aliphatic carbocycles. The molecule has 7 nitrogen and oxygen atoms in total. The highest BCUT2D eigenvalue weighted by atomic mass is 16.1. The van der Waals surface area contributed by atoms with E-state index in [0.29, 0.717) is 13.0 Å². The van der Waals surface area contributed by atoms with Gasteiger partial charge >= 0.3 is 0 Å². The summed E-state index contributed by atoms with van der Waals surface area (Å²) in [5.74, 6) is 0.0221. The third-order valence-electron chi connectivity index (χ3n) is 4.97. The number of nitrogens with two attached hydrogens (primary N) is 1. The number of amides is 1. The summed E-state index contributed by atoms with van der Waals surface area (Å²) in [6.07, 6.45) is 7.69. The fourth-order valence-corrected chi connectivity index (χ4v) is 3.51. The van der Waals surface area contributed by atoms with Crippen LogP contribution >= 0.6 is 0 Å². The number of aryl methyl sites for hydroxylation is 1. The van der Waals surface area contributed by atoms with Gasteiger partial charge in [-0.15, -0.1) is 5.10 Å². The molecule has 1 amide bonds. The average Bonchev–Trinajstić information content (AvgIpc) is 3.11. The SMILES string of the molecule is Cc1ccc(NC(=O)CC2(CN)CCCCC2)cc1-n1cnnn1. The molecule has 1 aliphatic rings. The summed E-state index contributed by atoms with van der Waals surface area (Å²) < 4.78 is 1.59. The monoisotopic (exact) mass is 328 g/mol. The summed E-state index contributed by atoms with van der Waals surface area (Å²) in [5, 5.41) is 14.2. The fourth-order valence-electron chi connectivity index (χ4n) is 3.51. The molecule has 3 N–H and O–H groups in total. The van der Waals surface area contributed by atoms with Gasteiger partial charge in [0.05, 0.1) is 5.69 Å². The number of tetrazole rings is 1. The van der Waals surface area contributed by atoms with Gasteiger partial charge in [0.2, 0.25) is 5.91 Å². The number of rotatable bonds is 5. The Hall–Kier alpha value is -2.28. The number of nitrogens with one attached hydrogen (secondary N) is 1. The molecule has 0 unspecified atom stereocenters. The number of anilines is 1. The molecule has 0 bridgehead atoms. The normalized spacial score (nSPS) is 16.8. The number of hydrogen-bond donors (Lipinski definition) is 2. The number of aromatic nitrogens is 4. The van der Waals surface area contributed by atoms with Gasteiger partial charge in [-0.05, 0) is 59.8 Å². The molecule has 7 heteroatoms. The molecule has 24 heavy (non-hydrogen) atoms. The highest BCUT2D eigenvalue weighted by Crippen LogP contribution is 2.38. The van der Waals surface area contributed by atoms with Crippen LogP contribution in [0.25, 0.3) is 5.69 Å². The molecule has 1 heterocycles. The molecule has 1 fully saturated rings. The van der Waals surface area contributed by atoms with E-state index in [-0.39, 0.29) is 11.3 Å². The zero-order chi connectivity index (χ0) is 17.0. The van der Waals surface area contributed by atoms with Crippen LogP contribution in [0.3, 0.4) is 0 Å². The van der Waals surface area contributed by atoms with Crippen molar-refractivity contribution in [1.29, 1.82) is 0 Å². The largest absolute Gasteiger partial charge is 0.330 e. The molecule has 1 aromatic carbocycles. The lowest BCUT2D eigenvalue weighted by molar-refractivity contribution is -0.118. The first kappa shape index (κ1) is 16.6. The van der Waals surface area contributed by atoms with E-state index in [2.05, 4.69) is 20.8 Å². The van der Waals surface area contributed by atoms with Crippen LogP contribution in [0.2, 0.25) is 0 Å². The van der Waals surface area contributed by atoms with Crippen molar-refractivity contribution in [2.45, 2.75) is 45.4 Å². The lowest BCUT2D eigenvalue weighted by Gasteiger charge is -2.35. The van der Waals surface area contributed by atoms with Gasteiger partial charge in [0.15, 0.2) is 0 Å². The van der Waals surface area contributed by atoms with Crippen molar-refractivity contribution in [2.75, 3.05) is 11.9 Å². The van der Waals surface area contributed by atoms with Crippen LogP contribution in [-0.4, -0.2) is 32.7 Å². The van der Waals surface area contributed by atoms with Crippen molar-refractivity contribution in [3.8, 4) is 5.69 Å². The number of nitrogens with zero attached hydrogens (tertiary/aromatic N) is 4. The first-order valence-corrected chi connectivity index (χ1v) is 8.46. The van der Waals surface area contributed by atoms with Gasteiger partial charge in [0, 0.05) is 12.1 Å². The van der Waals surface area contributed by atoms with Crippen LogP contribution in [-0.2, 0) is 4.79 Å². The van der Waals surface area contributed by atoms with Gasteiger partial charge in [-0.1, -0.05) is 25.3 Å². The third kappa shape index (κ3) is 3.62. The number of carbonyl (C=O) groups excluding carboxylic acids is 1. The smallest absolute Gasteiger partial charge is 0.224 e. The van der Waals surface area contributed by atoms with E-state index >= 15 is 0 Å². The summed E-state index contributed by atoms with van der Waals surface area (Å²) in [5.41, 5.74) is 8.58. The molecule has 1 aromatic heterocycles. The van der Waals surface area contributed by atoms with Crippen molar-refractivity contribution in [3.05, 3.63) is 30.1 Å². The Balaban J connectivity index is 1.71. The zero-order valence-electron chi connectivity index (χ0n) is 14.0. The maximum atomic E-state index is 12.5. The van der Waals surface area contributed by atoms with E-state index < -0.39 is 0 Å². The van der Waals surface area contributed by atoms with E-state index in [4.69, 9.17) is 5.73 Å². The van der Waals surface area contributed by atoms with Crippen LogP contribution in [0.1, 0.15) is 44.1 Å². The van der Waals surface area contributed by atoms with Crippen molar-refractivity contribution in [3.63, 3.8) is 0 Å². The van der Waals surface area contributed by atoms with Crippen molar-refractivity contribution >= 4 is 11.6 Å². The number of carbonyl (C=O) groups is 1. The van der Waals surface area contributed by atoms with Gasteiger partial charge in [-0.25, -0.2) is 4.68 Å². The molecule has 128 valence electrons. The lowest BCUT2D eigenvalue weighted by atomic mass is 9.71. The van der Waals surface area contributed by atoms with Gasteiger partial charge in [-0.3, -0.25) is 4.79 Å². The summed E-state index contributed by atoms with van der Waals surface area (Å²) in [4.78, 5) is 12.5. The first-order chi connectivity index (χ1) is 11.6. The Labute approximate surface area is 141 Å². The van der Waals surface area contributed by atoms with E-state index in [1.807, 2.05) is 25.1 Å². The molecule has 3 rings (SSSR count). The Kier molecular flexibility index (Phi) is 4.89. The summed E-state index contributed by atoms with van der Waals surface area (Å²) in [6.45, 7) is 2.55. The molecule has 1 saturated carbocycles. The second kappa shape index (κ2) is 7.09. The number of benzene rings is 1. The topological polar surface area (TPSA) is 98.7 Å². The highest BCUT2D eigenvalue weighted by Gasteiger charge is 2.32. The van der Waals surface area contributed by atoms with Gasteiger partial charge in [0.1, 0.15) is 6.33 Å². The molecule has 0 atom stereocenters. The van der Waals surface area contributed by atoms with Crippen molar-refractivity contribution < 1.29 is 4.79 Å². The van der Waals surface area contributed by atoms with E-state index in [1.54, 1.807) is 11.0 Å². The summed E-state index contributed by atoms with van der Waals surface area (Å²) in [6, 6.07) is 5.74. The lowest BCUT2D eigenvalue weighted by Crippen LogP contribution is -2.36. The average molecular weight is 328 g/mol. The Morgan fingerprint density at radius 2 is 2.12 bits per heavy atom. The zero-order valence-corrected chi connectivity index (χ0v) is 14.0. The van der Waals surface area contributed by atoms with Crippen molar-refractivity contribution in [1.82, 2.24) is 20.2 Å². The summed E-state index contributed by atoms with van der Waals surface area (Å²) >= 11 is 0. The minimum atomic E-state index is -0.0360. The summed E-state index contributed by atoms with van der Waals surface area (Å²) in [7, 11) is 0. The first-order valence-electron chi connectivity index (χ1n) is 8.46. The van der Waals surface area contributed by atoms with E-state index in [1.165, 1.54) is 19.3 Å². The van der Waals surface area contributed by atoms with Gasteiger partial charge in [0.25, 0.3) is 0 Å². The Morgan fingerprint density at radius 3 is 2.79 bits per heavy atom. The van der Waals surface area contributed by atoms with Gasteiger partial charge in [-0.2, -0.15) is 0 Å². The molecule has 0 aliphatic heterocycles.